The number of hydrogen-bond acceptors (Lipinski definition) is 6. The zero-order valence-electron chi connectivity index (χ0n) is 15.9. The molecule has 2 aliphatic rings. The number of halogens is 1. The number of hydrogen-bond donors (Lipinski definition) is 2. The largest absolute Gasteiger partial charge is 0.474 e. The fourth-order valence-electron chi connectivity index (χ4n) is 3.05. The Balaban J connectivity index is 1.89. The maximum atomic E-state index is 13.4. The number of nitrogens with one attached hydrogen (secondary N) is 1. The van der Waals surface area contributed by atoms with Crippen molar-refractivity contribution in [2.45, 2.75) is 38.4 Å². The van der Waals surface area contributed by atoms with Crippen LogP contribution >= 0.6 is 0 Å². The first-order valence-electron chi connectivity index (χ1n) is 9.12. The van der Waals surface area contributed by atoms with Crippen LogP contribution < -0.4 is 14.4 Å². The number of fused-ring (bicyclic) bond motifs is 1. The van der Waals surface area contributed by atoms with E-state index in [1.54, 1.807) is 13.8 Å². The lowest BCUT2D eigenvalue weighted by atomic mass is 10.1. The third kappa shape index (κ3) is 4.20. The first-order valence-corrected chi connectivity index (χ1v) is 10.5. The third-order valence-corrected chi connectivity index (χ3v) is 6.69. The number of pyridine rings is 1. The van der Waals surface area contributed by atoms with Crippen molar-refractivity contribution >= 4 is 21.8 Å². The van der Waals surface area contributed by atoms with E-state index in [1.807, 2.05) is 0 Å². The first-order chi connectivity index (χ1) is 13.1. The number of amides is 1. The SMILES string of the molecule is CC(C)(CO)NC(=O)c1cnc2c(c1)N(S(=O)(=O)N1CCC(F)CC1)CCO2. The van der Waals surface area contributed by atoms with Crippen LogP contribution in [0.3, 0.4) is 0 Å². The fourth-order valence-corrected chi connectivity index (χ4v) is 4.69. The lowest BCUT2D eigenvalue weighted by Gasteiger charge is -2.36. The maximum Gasteiger partial charge on any atom is 0.304 e. The van der Waals surface area contributed by atoms with Gasteiger partial charge in [-0.25, -0.2) is 13.7 Å². The summed E-state index contributed by atoms with van der Waals surface area (Å²) in [5, 5.41) is 12.0. The van der Waals surface area contributed by atoms with Crippen LogP contribution in [0.2, 0.25) is 0 Å². The molecule has 0 atom stereocenters. The Kier molecular flexibility index (Phi) is 5.78. The number of aliphatic hydroxyl groups is 1. The molecule has 2 N–H and O–H groups in total. The Morgan fingerprint density at radius 1 is 1.39 bits per heavy atom. The normalized spacial score (nSPS) is 19.1. The van der Waals surface area contributed by atoms with Crippen molar-refractivity contribution in [1.29, 1.82) is 0 Å². The average Bonchev–Trinajstić information content (AvgIpc) is 2.67. The molecule has 0 bridgehead atoms. The minimum Gasteiger partial charge on any atom is -0.474 e. The van der Waals surface area contributed by atoms with Crippen molar-refractivity contribution < 1.29 is 27.4 Å². The highest BCUT2D eigenvalue weighted by Crippen LogP contribution is 2.34. The summed E-state index contributed by atoms with van der Waals surface area (Å²) in [5.74, 6) is -0.372. The van der Waals surface area contributed by atoms with E-state index in [0.29, 0.717) is 0 Å². The molecule has 1 saturated heterocycles. The molecule has 1 aromatic rings. The van der Waals surface area contributed by atoms with Crippen LogP contribution in [0.1, 0.15) is 37.0 Å². The van der Waals surface area contributed by atoms with Crippen LogP contribution in [0.4, 0.5) is 10.1 Å². The summed E-state index contributed by atoms with van der Waals surface area (Å²) in [7, 11) is -3.90. The monoisotopic (exact) mass is 416 g/mol. The van der Waals surface area contributed by atoms with E-state index in [2.05, 4.69) is 10.3 Å². The first kappa shape index (κ1) is 20.7. The highest BCUT2D eigenvalue weighted by Gasteiger charge is 2.37. The molecule has 3 rings (SSSR count). The van der Waals surface area contributed by atoms with E-state index in [9.17, 15) is 22.7 Å². The Morgan fingerprint density at radius 3 is 2.71 bits per heavy atom. The minimum absolute atomic E-state index is 0.0692. The Labute approximate surface area is 163 Å². The third-order valence-electron chi connectivity index (χ3n) is 4.73. The quantitative estimate of drug-likeness (QED) is 0.721. The number of piperidine rings is 1. The molecular weight excluding hydrogens is 391 g/mol. The molecule has 0 radical (unpaired) electrons. The maximum absolute atomic E-state index is 13.4. The number of alkyl halides is 1. The topological polar surface area (TPSA) is 112 Å². The van der Waals surface area contributed by atoms with Crippen molar-refractivity contribution in [3.8, 4) is 5.88 Å². The smallest absolute Gasteiger partial charge is 0.304 e. The van der Waals surface area contributed by atoms with Crippen molar-refractivity contribution in [2.75, 3.05) is 37.2 Å². The fraction of sp³-hybridized carbons (Fsp3) is 0.647. The summed E-state index contributed by atoms with van der Waals surface area (Å²) in [6, 6.07) is 1.41. The van der Waals surface area contributed by atoms with Gasteiger partial charge in [-0.1, -0.05) is 0 Å². The molecule has 1 aromatic heterocycles. The molecule has 1 amide bonds. The van der Waals surface area contributed by atoms with E-state index in [1.165, 1.54) is 16.6 Å². The standard InChI is InChI=1S/C17H25FN4O5S/c1-17(2,11-23)20-15(24)12-9-14-16(19-10-12)27-8-7-22(14)28(25,26)21-5-3-13(18)4-6-21/h9-10,13,23H,3-8,11H2,1-2H3,(H,20,24). The molecule has 3 heterocycles. The van der Waals surface area contributed by atoms with Gasteiger partial charge in [0.05, 0.1) is 24.3 Å². The van der Waals surface area contributed by atoms with E-state index >= 15 is 0 Å². The summed E-state index contributed by atoms with van der Waals surface area (Å²) in [5.41, 5.74) is -0.525. The lowest BCUT2D eigenvalue weighted by molar-refractivity contribution is 0.0869. The van der Waals surface area contributed by atoms with Gasteiger partial charge in [0.1, 0.15) is 18.5 Å². The summed E-state index contributed by atoms with van der Waals surface area (Å²) < 4.78 is 47.4. The van der Waals surface area contributed by atoms with Gasteiger partial charge in [-0.15, -0.1) is 0 Å². The molecule has 0 saturated carbocycles. The summed E-state index contributed by atoms with van der Waals surface area (Å²) in [6.45, 7) is 3.46. The number of nitrogens with zero attached hydrogens (tertiary/aromatic N) is 3. The number of ether oxygens (including phenoxy) is 1. The zero-order chi connectivity index (χ0) is 20.5. The number of carbonyl (C=O) groups is 1. The molecule has 0 unspecified atom stereocenters. The molecule has 1 fully saturated rings. The van der Waals surface area contributed by atoms with Crippen molar-refractivity contribution in [3.63, 3.8) is 0 Å². The summed E-state index contributed by atoms with van der Waals surface area (Å²) >= 11 is 0. The van der Waals surface area contributed by atoms with Gasteiger partial charge < -0.3 is 15.2 Å². The molecule has 9 nitrogen and oxygen atoms in total. The second kappa shape index (κ2) is 7.80. The summed E-state index contributed by atoms with van der Waals surface area (Å²) in [4.78, 5) is 16.6. The van der Waals surface area contributed by atoms with Crippen LogP contribution in [0, 0.1) is 0 Å². The number of aliphatic hydroxyl groups excluding tert-OH is 1. The van der Waals surface area contributed by atoms with Gasteiger partial charge in [-0.05, 0) is 32.8 Å². The molecule has 2 aliphatic heterocycles. The molecule has 0 aliphatic carbocycles. The number of rotatable bonds is 5. The molecule has 0 spiro atoms. The van der Waals surface area contributed by atoms with Gasteiger partial charge in [0.25, 0.3) is 5.91 Å². The molecule has 0 aromatic carbocycles. The lowest BCUT2D eigenvalue weighted by Crippen LogP contribution is -2.50. The second-order valence-corrected chi connectivity index (χ2v) is 9.40. The van der Waals surface area contributed by atoms with Gasteiger partial charge in [0, 0.05) is 19.3 Å². The Hall–Kier alpha value is -1.98. The van der Waals surface area contributed by atoms with Crippen molar-refractivity contribution in [2.24, 2.45) is 0 Å². The number of carbonyl (C=O) groups excluding carboxylic acids is 1. The van der Waals surface area contributed by atoms with E-state index in [-0.39, 0.29) is 62.8 Å². The van der Waals surface area contributed by atoms with Gasteiger partial charge in [0.15, 0.2) is 0 Å². The Bertz CT molecular complexity index is 840. The van der Waals surface area contributed by atoms with E-state index < -0.39 is 27.8 Å². The van der Waals surface area contributed by atoms with E-state index in [4.69, 9.17) is 4.74 Å². The van der Waals surface area contributed by atoms with Crippen LogP contribution in [0.5, 0.6) is 5.88 Å². The molecule has 156 valence electrons. The zero-order valence-corrected chi connectivity index (χ0v) is 16.7. The number of anilines is 1. The van der Waals surface area contributed by atoms with Crippen molar-refractivity contribution in [1.82, 2.24) is 14.6 Å². The van der Waals surface area contributed by atoms with Gasteiger partial charge >= 0.3 is 10.2 Å². The van der Waals surface area contributed by atoms with Crippen molar-refractivity contribution in [3.05, 3.63) is 17.8 Å². The van der Waals surface area contributed by atoms with Crippen LogP contribution in [-0.4, -0.2) is 73.3 Å². The predicted octanol–water partition coefficient (Wildman–Crippen LogP) is 0.460. The molecule has 28 heavy (non-hydrogen) atoms. The van der Waals surface area contributed by atoms with Crippen LogP contribution in [0.15, 0.2) is 12.3 Å². The average molecular weight is 416 g/mol. The number of aromatic nitrogens is 1. The van der Waals surface area contributed by atoms with Crippen LogP contribution in [-0.2, 0) is 10.2 Å². The van der Waals surface area contributed by atoms with Crippen LogP contribution in [0.25, 0.3) is 0 Å². The summed E-state index contributed by atoms with van der Waals surface area (Å²) in [6.07, 6.45) is 0.628. The molecule has 11 heteroatoms. The minimum atomic E-state index is -3.90. The van der Waals surface area contributed by atoms with E-state index in [0.717, 1.165) is 4.31 Å². The highest BCUT2D eigenvalue weighted by molar-refractivity contribution is 7.90. The Morgan fingerprint density at radius 2 is 2.07 bits per heavy atom. The molecular formula is C17H25FN4O5S. The van der Waals surface area contributed by atoms with Gasteiger partial charge in [-0.2, -0.15) is 12.7 Å². The second-order valence-electron chi connectivity index (χ2n) is 7.55. The predicted molar refractivity (Wildman–Crippen MR) is 100 cm³/mol. The van der Waals surface area contributed by atoms with Gasteiger partial charge in [0.2, 0.25) is 5.88 Å². The van der Waals surface area contributed by atoms with Gasteiger partial charge in [-0.3, -0.25) is 4.79 Å². The highest BCUT2D eigenvalue weighted by atomic mass is 32.2.